The number of alkyl halides is 3. The Morgan fingerprint density at radius 2 is 1.81 bits per heavy atom. The van der Waals surface area contributed by atoms with Crippen molar-refractivity contribution in [2.75, 3.05) is 6.61 Å². The number of aliphatic hydroxyl groups is 1. The highest BCUT2D eigenvalue weighted by atomic mass is 79.9. The van der Waals surface area contributed by atoms with E-state index >= 15 is 0 Å². The van der Waals surface area contributed by atoms with Gasteiger partial charge in [0.05, 0.1) is 6.61 Å². The van der Waals surface area contributed by atoms with Gasteiger partial charge in [0.1, 0.15) is 5.56 Å². The number of hydrogen-bond acceptors (Lipinski definition) is 2. The summed E-state index contributed by atoms with van der Waals surface area (Å²) in [5.41, 5.74) is -1.65. The van der Waals surface area contributed by atoms with E-state index in [2.05, 4.69) is 15.9 Å². The molecule has 0 amide bonds. The van der Waals surface area contributed by atoms with Crippen LogP contribution >= 0.6 is 15.9 Å². The molecule has 0 aliphatic rings. The van der Waals surface area contributed by atoms with Crippen LogP contribution in [0, 0.1) is 0 Å². The maximum absolute atomic E-state index is 13.1. The summed E-state index contributed by atoms with van der Waals surface area (Å²) in [4.78, 5) is 11.9. The smallest absolute Gasteiger partial charge is 0.395 e. The quantitative estimate of drug-likeness (QED) is 0.911. The summed E-state index contributed by atoms with van der Waals surface area (Å²) in [7, 11) is 0. The molecule has 3 nitrogen and oxygen atoms in total. The zero-order valence-corrected chi connectivity index (χ0v) is 12.3. The molecule has 0 radical (unpaired) electrons. The average molecular weight is 362 g/mol. The van der Waals surface area contributed by atoms with Gasteiger partial charge in [0.2, 0.25) is 0 Å². The zero-order valence-electron chi connectivity index (χ0n) is 10.7. The van der Waals surface area contributed by atoms with Gasteiger partial charge in [0.15, 0.2) is 0 Å². The Balaban J connectivity index is 2.78. The Morgan fingerprint density at radius 1 is 1.19 bits per heavy atom. The number of nitrogens with zero attached hydrogens (tertiary/aromatic N) is 1. The van der Waals surface area contributed by atoms with E-state index in [4.69, 9.17) is 5.11 Å². The minimum atomic E-state index is -4.78. The minimum Gasteiger partial charge on any atom is -0.395 e. The molecule has 0 aliphatic carbocycles. The van der Waals surface area contributed by atoms with Crippen LogP contribution in [0.25, 0.3) is 11.1 Å². The van der Waals surface area contributed by atoms with Gasteiger partial charge in [-0.15, -0.1) is 0 Å². The third kappa shape index (κ3) is 3.19. The Labute approximate surface area is 126 Å². The van der Waals surface area contributed by atoms with Crippen LogP contribution < -0.4 is 5.56 Å². The van der Waals surface area contributed by atoms with E-state index in [1.807, 2.05) is 0 Å². The van der Waals surface area contributed by atoms with Gasteiger partial charge in [0, 0.05) is 22.8 Å². The molecule has 1 aromatic carbocycles. The van der Waals surface area contributed by atoms with Crippen molar-refractivity contribution in [3.05, 3.63) is 56.9 Å². The van der Waals surface area contributed by atoms with E-state index in [-0.39, 0.29) is 16.6 Å². The Morgan fingerprint density at radius 3 is 2.33 bits per heavy atom. The molecule has 0 fully saturated rings. The molecule has 112 valence electrons. The summed E-state index contributed by atoms with van der Waals surface area (Å²) in [6, 6.07) is 8.42. The molecule has 0 bridgehead atoms. The van der Waals surface area contributed by atoms with Gasteiger partial charge in [-0.05, 0) is 21.5 Å². The fourth-order valence-electron chi connectivity index (χ4n) is 1.98. The number of aliphatic hydroxyl groups excluding tert-OH is 1. The van der Waals surface area contributed by atoms with Gasteiger partial charge in [-0.2, -0.15) is 13.2 Å². The topological polar surface area (TPSA) is 42.2 Å². The van der Waals surface area contributed by atoms with Crippen LogP contribution in [0.2, 0.25) is 0 Å². The van der Waals surface area contributed by atoms with Crippen LogP contribution in [0.3, 0.4) is 0 Å². The number of hydrogen-bond donors (Lipinski definition) is 1. The van der Waals surface area contributed by atoms with E-state index < -0.39 is 23.9 Å². The monoisotopic (exact) mass is 361 g/mol. The highest BCUT2D eigenvalue weighted by molar-refractivity contribution is 9.10. The van der Waals surface area contributed by atoms with Crippen molar-refractivity contribution in [1.82, 2.24) is 4.57 Å². The van der Waals surface area contributed by atoms with Crippen molar-refractivity contribution < 1.29 is 18.3 Å². The predicted molar refractivity (Wildman–Crippen MR) is 75.9 cm³/mol. The molecule has 2 rings (SSSR count). The number of pyridine rings is 1. The molecule has 0 saturated carbocycles. The van der Waals surface area contributed by atoms with Crippen LogP contribution in [0.15, 0.2) is 45.8 Å². The normalized spacial score (nSPS) is 11.7. The summed E-state index contributed by atoms with van der Waals surface area (Å²) in [5, 5.41) is 8.92. The molecule has 2 aromatic rings. The van der Waals surface area contributed by atoms with Crippen molar-refractivity contribution >= 4 is 15.9 Å². The largest absolute Gasteiger partial charge is 0.422 e. The second kappa shape index (κ2) is 6.03. The first-order valence-electron chi connectivity index (χ1n) is 6.02. The zero-order chi connectivity index (χ0) is 15.6. The second-order valence-corrected chi connectivity index (χ2v) is 5.11. The highest BCUT2D eigenvalue weighted by Gasteiger charge is 2.38. The fraction of sp³-hybridized carbons (Fsp3) is 0.214. The van der Waals surface area contributed by atoms with Gasteiger partial charge in [-0.3, -0.25) is 4.79 Å². The maximum Gasteiger partial charge on any atom is 0.422 e. The molecule has 1 heterocycles. The van der Waals surface area contributed by atoms with Gasteiger partial charge >= 0.3 is 6.18 Å². The second-order valence-electron chi connectivity index (χ2n) is 4.32. The Hall–Kier alpha value is -1.60. The fourth-order valence-corrected chi connectivity index (χ4v) is 2.71. The minimum absolute atomic E-state index is 0.199. The third-order valence-corrected chi connectivity index (χ3v) is 3.75. The lowest BCUT2D eigenvalue weighted by Gasteiger charge is -2.16. The standard InChI is InChI=1S/C14H11BrF3NO2/c15-12-10(9-4-2-1-3-5-9)8-19(6-7-20)13(21)11(12)14(16,17)18/h1-5,8,20H,6-7H2. The van der Waals surface area contributed by atoms with Crippen molar-refractivity contribution in [3.63, 3.8) is 0 Å². The van der Waals surface area contributed by atoms with Crippen LogP contribution in [-0.2, 0) is 12.7 Å². The number of rotatable bonds is 3. The predicted octanol–water partition coefficient (Wildman–Crippen LogP) is 3.29. The van der Waals surface area contributed by atoms with Gasteiger partial charge in [-0.25, -0.2) is 0 Å². The highest BCUT2D eigenvalue weighted by Crippen LogP contribution is 2.37. The Kier molecular flexibility index (Phi) is 4.53. The molecule has 0 spiro atoms. The molecule has 0 saturated heterocycles. The summed E-state index contributed by atoms with van der Waals surface area (Å²) in [6.45, 7) is -0.623. The van der Waals surface area contributed by atoms with Crippen molar-refractivity contribution in [3.8, 4) is 11.1 Å². The SMILES string of the molecule is O=c1c(C(F)(F)F)c(Br)c(-c2ccccc2)cn1CCO. The van der Waals surface area contributed by atoms with Crippen LogP contribution in [0.1, 0.15) is 5.56 Å². The van der Waals surface area contributed by atoms with Crippen LogP contribution in [-0.4, -0.2) is 16.3 Å². The van der Waals surface area contributed by atoms with E-state index in [0.717, 1.165) is 4.57 Å². The van der Waals surface area contributed by atoms with Gasteiger partial charge in [0.25, 0.3) is 5.56 Å². The molecular formula is C14H11BrF3NO2. The molecule has 1 aromatic heterocycles. The first-order valence-corrected chi connectivity index (χ1v) is 6.82. The van der Waals surface area contributed by atoms with Crippen molar-refractivity contribution in [2.45, 2.75) is 12.7 Å². The average Bonchev–Trinajstić information content (AvgIpc) is 2.41. The van der Waals surface area contributed by atoms with Gasteiger partial charge in [-0.1, -0.05) is 30.3 Å². The summed E-state index contributed by atoms with van der Waals surface area (Å²) in [5.74, 6) is 0. The molecular weight excluding hydrogens is 351 g/mol. The van der Waals surface area contributed by atoms with E-state index in [9.17, 15) is 18.0 Å². The Bertz CT molecular complexity index is 696. The van der Waals surface area contributed by atoms with Crippen LogP contribution in [0.5, 0.6) is 0 Å². The number of halogens is 4. The maximum atomic E-state index is 13.1. The number of benzene rings is 1. The summed E-state index contributed by atoms with van der Waals surface area (Å²) in [6.07, 6.45) is -3.47. The summed E-state index contributed by atoms with van der Waals surface area (Å²) < 4.78 is 39.9. The third-order valence-electron chi connectivity index (χ3n) is 2.92. The van der Waals surface area contributed by atoms with E-state index in [0.29, 0.717) is 5.56 Å². The molecule has 7 heteroatoms. The van der Waals surface area contributed by atoms with Crippen molar-refractivity contribution in [1.29, 1.82) is 0 Å². The van der Waals surface area contributed by atoms with Crippen LogP contribution in [0.4, 0.5) is 13.2 Å². The van der Waals surface area contributed by atoms with E-state index in [1.165, 1.54) is 6.20 Å². The first kappa shape index (κ1) is 15.8. The first-order chi connectivity index (χ1) is 9.86. The van der Waals surface area contributed by atoms with Crippen molar-refractivity contribution in [2.24, 2.45) is 0 Å². The number of aromatic nitrogens is 1. The lowest BCUT2D eigenvalue weighted by atomic mass is 10.1. The molecule has 1 N–H and O–H groups in total. The lowest BCUT2D eigenvalue weighted by molar-refractivity contribution is -0.139. The molecule has 21 heavy (non-hydrogen) atoms. The van der Waals surface area contributed by atoms with Gasteiger partial charge < -0.3 is 9.67 Å². The molecule has 0 aliphatic heterocycles. The molecule has 0 atom stereocenters. The lowest BCUT2D eigenvalue weighted by Crippen LogP contribution is -2.30. The van der Waals surface area contributed by atoms with E-state index in [1.54, 1.807) is 30.3 Å². The molecule has 0 unspecified atom stereocenters. The summed E-state index contributed by atoms with van der Waals surface area (Å²) >= 11 is 2.89.